The van der Waals surface area contributed by atoms with E-state index in [2.05, 4.69) is 177 Å². The first-order valence-electron chi connectivity index (χ1n) is 16.1. The Morgan fingerprint density at radius 2 is 0.822 bits per heavy atom. The van der Waals surface area contributed by atoms with Crippen molar-refractivity contribution in [2.45, 2.75) is 24.9 Å². The third kappa shape index (κ3) is 4.67. The van der Waals surface area contributed by atoms with E-state index in [1.807, 2.05) is 0 Å². The predicted octanol–water partition coefficient (Wildman–Crippen LogP) is 11.2. The SMILES string of the molecule is C[SiH](C)C(=Cc1ccccc1)C(=C(c1ccccc1)C1c2ccccc2-c2ccccc21)C1c2ccccc2-c2ccccc21. The summed E-state index contributed by atoms with van der Waals surface area (Å²) in [5.41, 5.74) is 16.6. The number of rotatable bonds is 6. The maximum Gasteiger partial charge on any atom is 0.0651 e. The molecule has 0 saturated heterocycles. The zero-order chi connectivity index (χ0) is 30.3. The maximum atomic E-state index is 2.52. The van der Waals surface area contributed by atoms with Crippen LogP contribution in [0.25, 0.3) is 33.9 Å². The molecule has 0 saturated carbocycles. The van der Waals surface area contributed by atoms with Gasteiger partial charge in [-0.15, -0.1) is 0 Å². The fraction of sp³-hybridized carbons (Fsp3) is 0.0909. The highest BCUT2D eigenvalue weighted by Gasteiger charge is 2.39. The van der Waals surface area contributed by atoms with Crippen molar-refractivity contribution < 1.29 is 0 Å². The van der Waals surface area contributed by atoms with Crippen LogP contribution >= 0.6 is 0 Å². The van der Waals surface area contributed by atoms with Gasteiger partial charge in [0.15, 0.2) is 0 Å². The highest BCUT2D eigenvalue weighted by molar-refractivity contribution is 6.66. The van der Waals surface area contributed by atoms with Gasteiger partial charge >= 0.3 is 0 Å². The third-order valence-electron chi connectivity index (χ3n) is 9.67. The zero-order valence-electron chi connectivity index (χ0n) is 25.8. The molecule has 2 aliphatic rings. The second-order valence-electron chi connectivity index (χ2n) is 12.6. The summed E-state index contributed by atoms with van der Waals surface area (Å²) in [5.74, 6) is 0.263. The zero-order valence-corrected chi connectivity index (χ0v) is 27.0. The molecule has 0 spiro atoms. The van der Waals surface area contributed by atoms with E-state index >= 15 is 0 Å². The van der Waals surface area contributed by atoms with Crippen molar-refractivity contribution in [1.29, 1.82) is 0 Å². The molecule has 0 radical (unpaired) electrons. The van der Waals surface area contributed by atoms with E-state index in [-0.39, 0.29) is 11.8 Å². The van der Waals surface area contributed by atoms with Gasteiger partial charge in [0, 0.05) is 11.8 Å². The van der Waals surface area contributed by atoms with Crippen molar-refractivity contribution in [3.8, 4) is 22.3 Å². The van der Waals surface area contributed by atoms with E-state index in [4.69, 9.17) is 0 Å². The Labute approximate surface area is 268 Å². The smallest absolute Gasteiger partial charge is 0.0651 e. The van der Waals surface area contributed by atoms with Gasteiger partial charge in [0.1, 0.15) is 0 Å². The lowest BCUT2D eigenvalue weighted by molar-refractivity contribution is 0.977. The first-order chi connectivity index (χ1) is 22.2. The summed E-state index contributed by atoms with van der Waals surface area (Å²) < 4.78 is 0. The van der Waals surface area contributed by atoms with Crippen molar-refractivity contribution in [2.75, 3.05) is 0 Å². The first-order valence-corrected chi connectivity index (χ1v) is 19.0. The van der Waals surface area contributed by atoms with E-state index in [1.165, 1.54) is 72.0 Å². The van der Waals surface area contributed by atoms with Crippen LogP contribution in [-0.2, 0) is 0 Å². The average Bonchev–Trinajstić information content (AvgIpc) is 3.60. The third-order valence-corrected chi connectivity index (χ3v) is 11.4. The van der Waals surface area contributed by atoms with Gasteiger partial charge in [-0.05, 0) is 66.8 Å². The van der Waals surface area contributed by atoms with Crippen molar-refractivity contribution in [3.05, 3.63) is 202 Å². The summed E-state index contributed by atoms with van der Waals surface area (Å²) in [4.78, 5) is 0. The van der Waals surface area contributed by atoms with Gasteiger partial charge in [-0.25, -0.2) is 0 Å². The summed E-state index contributed by atoms with van der Waals surface area (Å²) in [7, 11) is -1.39. The summed E-state index contributed by atoms with van der Waals surface area (Å²) in [6, 6.07) is 58.6. The molecule has 0 atom stereocenters. The average molecular weight is 593 g/mol. The first kappa shape index (κ1) is 27.6. The van der Waals surface area contributed by atoms with Gasteiger partial charge < -0.3 is 0 Å². The molecule has 6 aromatic carbocycles. The molecule has 8 rings (SSSR count). The quantitative estimate of drug-likeness (QED) is 0.133. The Kier molecular flexibility index (Phi) is 7.04. The van der Waals surface area contributed by atoms with Crippen LogP contribution in [0, 0.1) is 0 Å². The standard InChI is InChI=1S/C44H36Si/c1-45(2)40(29-30-17-5-3-6-18-30)44(43-38-27-15-11-23-34(38)35-24-12-16-28-39(35)43)41(31-19-7-4-8-20-31)42-36-25-13-9-21-32(36)33-22-10-14-26-37(33)42/h3-29,42-43,45H,1-2H3. The normalized spacial score (nSPS) is 14.5. The summed E-state index contributed by atoms with van der Waals surface area (Å²) in [6.07, 6.45) is 2.52. The van der Waals surface area contributed by atoms with Crippen LogP contribution in [0.4, 0.5) is 0 Å². The molecule has 216 valence electrons. The van der Waals surface area contributed by atoms with Gasteiger partial charge in [0.2, 0.25) is 0 Å². The molecule has 0 bridgehead atoms. The van der Waals surface area contributed by atoms with Gasteiger partial charge in [-0.2, -0.15) is 0 Å². The summed E-state index contributed by atoms with van der Waals surface area (Å²) in [5, 5.41) is 1.53. The number of allylic oxidation sites excluding steroid dienone is 3. The molecule has 0 nitrogen and oxygen atoms in total. The Hall–Kier alpha value is -4.98. The Balaban J connectivity index is 1.55. The molecule has 0 amide bonds. The Morgan fingerprint density at radius 1 is 0.444 bits per heavy atom. The largest absolute Gasteiger partial charge is 0.0682 e. The molecule has 0 fully saturated rings. The topological polar surface area (TPSA) is 0 Å². The highest BCUT2D eigenvalue weighted by atomic mass is 28.3. The van der Waals surface area contributed by atoms with Crippen LogP contribution in [0.3, 0.4) is 0 Å². The molecule has 45 heavy (non-hydrogen) atoms. The van der Waals surface area contributed by atoms with Crippen molar-refractivity contribution in [3.63, 3.8) is 0 Å². The number of benzene rings is 6. The lowest BCUT2D eigenvalue weighted by Crippen LogP contribution is -2.18. The highest BCUT2D eigenvalue weighted by Crippen LogP contribution is 2.57. The van der Waals surface area contributed by atoms with Crippen LogP contribution in [-0.4, -0.2) is 8.80 Å². The van der Waals surface area contributed by atoms with Crippen LogP contribution < -0.4 is 0 Å². The monoisotopic (exact) mass is 592 g/mol. The molecule has 6 aromatic rings. The van der Waals surface area contributed by atoms with E-state index in [0.29, 0.717) is 0 Å². The molecular formula is C44H36Si. The van der Waals surface area contributed by atoms with E-state index in [0.717, 1.165) is 0 Å². The summed E-state index contributed by atoms with van der Waals surface area (Å²) in [6.45, 7) is 5.00. The van der Waals surface area contributed by atoms with Gasteiger partial charge in [-0.3, -0.25) is 0 Å². The molecule has 0 aliphatic heterocycles. The fourth-order valence-corrected chi connectivity index (χ4v) is 9.26. The lowest BCUT2D eigenvalue weighted by atomic mass is 9.76. The maximum absolute atomic E-state index is 2.52. The van der Waals surface area contributed by atoms with E-state index < -0.39 is 8.80 Å². The number of hydrogen-bond donors (Lipinski definition) is 0. The molecule has 0 heterocycles. The minimum Gasteiger partial charge on any atom is -0.0682 e. The van der Waals surface area contributed by atoms with Gasteiger partial charge in [-0.1, -0.05) is 182 Å². The van der Waals surface area contributed by atoms with E-state index in [1.54, 1.807) is 0 Å². The second kappa shape index (κ2) is 11.5. The molecule has 2 aliphatic carbocycles. The fourth-order valence-electron chi connectivity index (χ4n) is 7.79. The molecule has 1 heteroatoms. The van der Waals surface area contributed by atoms with Crippen LogP contribution in [0.2, 0.25) is 13.1 Å². The van der Waals surface area contributed by atoms with E-state index in [9.17, 15) is 0 Å². The van der Waals surface area contributed by atoms with Crippen LogP contribution in [0.5, 0.6) is 0 Å². The number of fused-ring (bicyclic) bond motifs is 6. The van der Waals surface area contributed by atoms with Crippen LogP contribution in [0.1, 0.15) is 45.2 Å². The Morgan fingerprint density at radius 3 is 1.27 bits per heavy atom. The second-order valence-corrected chi connectivity index (χ2v) is 15.5. The molecule has 0 N–H and O–H groups in total. The van der Waals surface area contributed by atoms with Crippen molar-refractivity contribution in [2.24, 2.45) is 0 Å². The predicted molar refractivity (Wildman–Crippen MR) is 194 cm³/mol. The van der Waals surface area contributed by atoms with Gasteiger partial charge in [0.05, 0.1) is 8.80 Å². The van der Waals surface area contributed by atoms with Gasteiger partial charge in [0.25, 0.3) is 0 Å². The van der Waals surface area contributed by atoms with Crippen molar-refractivity contribution in [1.82, 2.24) is 0 Å². The minimum absolute atomic E-state index is 0.127. The molecule has 0 aromatic heterocycles. The minimum atomic E-state index is -1.39. The number of hydrogen-bond acceptors (Lipinski definition) is 0. The molecule has 0 unspecified atom stereocenters. The lowest BCUT2D eigenvalue weighted by Gasteiger charge is -2.31. The molecular weight excluding hydrogens is 557 g/mol. The van der Waals surface area contributed by atoms with Crippen LogP contribution in [0.15, 0.2) is 168 Å². The summed E-state index contributed by atoms with van der Waals surface area (Å²) >= 11 is 0. The van der Waals surface area contributed by atoms with Crippen molar-refractivity contribution >= 4 is 20.4 Å². The Bertz CT molecular complexity index is 1990.